The summed E-state index contributed by atoms with van der Waals surface area (Å²) in [7, 11) is 0. The minimum atomic E-state index is 0.233. The van der Waals surface area contributed by atoms with Crippen molar-refractivity contribution in [3.05, 3.63) is 41.5 Å². The molecule has 0 amide bonds. The molecule has 0 unspecified atom stereocenters. The quantitative estimate of drug-likeness (QED) is 0.614. The summed E-state index contributed by atoms with van der Waals surface area (Å²) in [6.07, 6.45) is 1.34. The molecular formula is C10H4N2. The number of nitrogens with zero attached hydrogens (tertiary/aromatic N) is 2. The Bertz CT molecular complexity index is 391. The highest BCUT2D eigenvalue weighted by molar-refractivity contribution is 5.54. The second-order valence-electron chi connectivity index (χ2n) is 2.09. The first-order valence-corrected chi connectivity index (χ1v) is 3.23. The van der Waals surface area contributed by atoms with E-state index < -0.39 is 0 Å². The normalized spacial score (nSPS) is 8.17. The predicted octanol–water partition coefficient (Wildman–Crippen LogP) is 1.68. The fraction of sp³-hybridized carbons (Fsp3) is 0. The van der Waals surface area contributed by atoms with Gasteiger partial charge in [-0.1, -0.05) is 18.7 Å². The molecule has 12 heavy (non-hydrogen) atoms. The number of benzene rings is 1. The molecule has 0 aliphatic rings. The Hall–Kier alpha value is -2.06. The fourth-order valence-corrected chi connectivity index (χ4v) is 0.788. The highest BCUT2D eigenvalue weighted by atomic mass is 14.3. The van der Waals surface area contributed by atoms with Crippen molar-refractivity contribution in [3.8, 4) is 12.1 Å². The van der Waals surface area contributed by atoms with Gasteiger partial charge >= 0.3 is 0 Å². The SMILES string of the molecule is [CH]=Cc1[c]c(C#N)c(C#N)cc1. The summed E-state index contributed by atoms with van der Waals surface area (Å²) in [5, 5.41) is 17.1. The van der Waals surface area contributed by atoms with Crippen LogP contribution in [0, 0.1) is 35.3 Å². The van der Waals surface area contributed by atoms with Gasteiger partial charge in [0.15, 0.2) is 0 Å². The molecule has 0 aromatic heterocycles. The summed E-state index contributed by atoms with van der Waals surface area (Å²) < 4.78 is 0. The molecule has 0 atom stereocenters. The van der Waals surface area contributed by atoms with Gasteiger partial charge in [0.1, 0.15) is 12.1 Å². The van der Waals surface area contributed by atoms with Crippen molar-refractivity contribution in [1.29, 1.82) is 10.5 Å². The van der Waals surface area contributed by atoms with Gasteiger partial charge < -0.3 is 0 Å². The van der Waals surface area contributed by atoms with E-state index in [9.17, 15) is 0 Å². The lowest BCUT2D eigenvalue weighted by Crippen LogP contribution is -1.84. The average Bonchev–Trinajstić information content (AvgIpc) is 2.16. The van der Waals surface area contributed by atoms with Crippen LogP contribution in [0.4, 0.5) is 0 Å². The molecule has 0 aliphatic carbocycles. The molecule has 1 aromatic carbocycles. The lowest BCUT2D eigenvalue weighted by molar-refractivity contribution is 1.42. The van der Waals surface area contributed by atoms with Crippen molar-refractivity contribution in [2.75, 3.05) is 0 Å². The van der Waals surface area contributed by atoms with Crippen molar-refractivity contribution in [3.63, 3.8) is 0 Å². The zero-order chi connectivity index (χ0) is 8.97. The summed E-state index contributed by atoms with van der Waals surface area (Å²) >= 11 is 0. The van der Waals surface area contributed by atoms with Crippen molar-refractivity contribution >= 4 is 6.08 Å². The summed E-state index contributed by atoms with van der Waals surface area (Å²) in [4.78, 5) is 0. The maximum absolute atomic E-state index is 8.58. The third-order valence-corrected chi connectivity index (χ3v) is 1.38. The molecule has 0 heterocycles. The van der Waals surface area contributed by atoms with Crippen LogP contribution in [0.15, 0.2) is 12.1 Å². The van der Waals surface area contributed by atoms with Gasteiger partial charge in [0, 0.05) is 6.07 Å². The smallest absolute Gasteiger partial charge is 0.101 e. The first-order valence-electron chi connectivity index (χ1n) is 3.23. The maximum Gasteiger partial charge on any atom is 0.101 e. The molecule has 2 heteroatoms. The predicted molar refractivity (Wildman–Crippen MR) is 43.5 cm³/mol. The van der Waals surface area contributed by atoms with Crippen LogP contribution in [0.2, 0.25) is 0 Å². The fourth-order valence-electron chi connectivity index (χ4n) is 0.788. The van der Waals surface area contributed by atoms with Gasteiger partial charge in [0.2, 0.25) is 0 Å². The zero-order valence-electron chi connectivity index (χ0n) is 6.20. The number of hydrogen-bond donors (Lipinski definition) is 0. The minimum Gasteiger partial charge on any atom is -0.192 e. The van der Waals surface area contributed by atoms with Crippen molar-refractivity contribution in [2.45, 2.75) is 0 Å². The first kappa shape index (κ1) is 8.04. The maximum atomic E-state index is 8.58. The van der Waals surface area contributed by atoms with E-state index in [1.165, 1.54) is 6.08 Å². The van der Waals surface area contributed by atoms with E-state index in [4.69, 9.17) is 17.1 Å². The van der Waals surface area contributed by atoms with Crippen molar-refractivity contribution < 1.29 is 0 Å². The highest BCUT2D eigenvalue weighted by Gasteiger charge is 2.00. The van der Waals surface area contributed by atoms with Crippen LogP contribution in [0.1, 0.15) is 16.7 Å². The number of nitriles is 2. The molecule has 0 saturated heterocycles. The second-order valence-corrected chi connectivity index (χ2v) is 2.09. The molecular weight excluding hydrogens is 148 g/mol. The minimum absolute atomic E-state index is 0.233. The second kappa shape index (κ2) is 3.37. The Balaban J connectivity index is 3.34. The molecule has 0 saturated carbocycles. The Morgan fingerprint density at radius 3 is 2.58 bits per heavy atom. The topological polar surface area (TPSA) is 47.6 Å². The lowest BCUT2D eigenvalue weighted by Gasteiger charge is -1.94. The third-order valence-electron chi connectivity index (χ3n) is 1.38. The Morgan fingerprint density at radius 2 is 2.08 bits per heavy atom. The van der Waals surface area contributed by atoms with E-state index in [-0.39, 0.29) is 5.56 Å². The van der Waals surface area contributed by atoms with Gasteiger partial charge in [-0.05, 0) is 11.6 Å². The Labute approximate surface area is 71.0 Å². The van der Waals surface area contributed by atoms with Crippen LogP contribution in [-0.2, 0) is 0 Å². The first-order chi connectivity index (χ1) is 5.81. The molecule has 2 nitrogen and oxygen atoms in total. The van der Waals surface area contributed by atoms with E-state index in [0.717, 1.165) is 0 Å². The van der Waals surface area contributed by atoms with E-state index in [2.05, 4.69) is 6.07 Å². The molecule has 0 spiro atoms. The van der Waals surface area contributed by atoms with Gasteiger partial charge in [-0.25, -0.2) is 0 Å². The zero-order valence-corrected chi connectivity index (χ0v) is 6.20. The summed E-state index contributed by atoms with van der Waals surface area (Å²) in [5.74, 6) is 0. The standard InChI is InChI=1S/C10H4N2/c1-2-8-3-4-9(6-11)10(5-8)7-12/h1-4H. The molecule has 0 bridgehead atoms. The summed E-state index contributed by atoms with van der Waals surface area (Å²) in [5.41, 5.74) is 1.17. The molecule has 2 radical (unpaired) electrons. The van der Waals surface area contributed by atoms with Crippen LogP contribution < -0.4 is 0 Å². The van der Waals surface area contributed by atoms with E-state index in [0.29, 0.717) is 11.1 Å². The third kappa shape index (κ3) is 1.33. The van der Waals surface area contributed by atoms with Gasteiger partial charge in [-0.2, -0.15) is 10.5 Å². The van der Waals surface area contributed by atoms with Crippen LogP contribution in [-0.4, -0.2) is 0 Å². The molecule has 0 N–H and O–H groups in total. The van der Waals surface area contributed by atoms with Crippen LogP contribution in [0.5, 0.6) is 0 Å². The summed E-state index contributed by atoms with van der Waals surface area (Å²) in [6, 6.07) is 9.64. The van der Waals surface area contributed by atoms with E-state index in [1.54, 1.807) is 12.1 Å². The van der Waals surface area contributed by atoms with Crippen LogP contribution >= 0.6 is 0 Å². The van der Waals surface area contributed by atoms with Gasteiger partial charge in [-0.15, -0.1) is 0 Å². The van der Waals surface area contributed by atoms with Crippen molar-refractivity contribution in [2.24, 2.45) is 0 Å². The molecule has 0 aliphatic heterocycles. The van der Waals surface area contributed by atoms with Gasteiger partial charge in [0.05, 0.1) is 11.1 Å². The Kier molecular flexibility index (Phi) is 2.26. The number of rotatable bonds is 1. The number of hydrogen-bond acceptors (Lipinski definition) is 2. The lowest BCUT2D eigenvalue weighted by atomic mass is 10.1. The Morgan fingerprint density at radius 1 is 1.33 bits per heavy atom. The molecule has 54 valence electrons. The van der Waals surface area contributed by atoms with Crippen LogP contribution in [0.3, 0.4) is 0 Å². The average molecular weight is 152 g/mol. The van der Waals surface area contributed by atoms with E-state index in [1.807, 2.05) is 12.1 Å². The van der Waals surface area contributed by atoms with Crippen molar-refractivity contribution in [1.82, 2.24) is 0 Å². The van der Waals surface area contributed by atoms with Gasteiger partial charge in [-0.3, -0.25) is 0 Å². The van der Waals surface area contributed by atoms with E-state index >= 15 is 0 Å². The summed E-state index contributed by atoms with van der Waals surface area (Å²) in [6.45, 7) is 5.22. The highest BCUT2D eigenvalue weighted by Crippen LogP contribution is 2.09. The molecule has 1 aromatic rings. The molecule has 1 rings (SSSR count). The largest absolute Gasteiger partial charge is 0.192 e. The van der Waals surface area contributed by atoms with Crippen LogP contribution in [0.25, 0.3) is 6.08 Å². The van der Waals surface area contributed by atoms with Gasteiger partial charge in [0.25, 0.3) is 0 Å². The monoisotopic (exact) mass is 152 g/mol. The molecule has 0 fully saturated rings.